The maximum atomic E-state index is 12.5. The standard InChI is InChI=1S/C20H31N5O.HI/c1-2-24-13-6-8-17(24)15-23-20(21)22-12-5-10-19(26)25-14-11-16-7-3-4-9-18(16)25;/h3-4,7,9,17H,2,5-6,8,10-15H2,1H3,(H3,21,22,23);1H. The van der Waals surface area contributed by atoms with Gasteiger partial charge in [0.15, 0.2) is 5.96 Å². The molecule has 0 saturated carbocycles. The fraction of sp³-hybridized carbons (Fsp3) is 0.600. The van der Waals surface area contributed by atoms with Gasteiger partial charge in [-0.05, 0) is 50.4 Å². The second-order valence-electron chi connectivity index (χ2n) is 7.10. The quantitative estimate of drug-likeness (QED) is 0.269. The molecular formula is C20H32IN5O. The second-order valence-corrected chi connectivity index (χ2v) is 7.10. The summed E-state index contributed by atoms with van der Waals surface area (Å²) in [4.78, 5) is 21.3. The van der Waals surface area contributed by atoms with Crippen molar-refractivity contribution in [1.82, 2.24) is 10.2 Å². The van der Waals surface area contributed by atoms with Crippen LogP contribution < -0.4 is 16.0 Å². The van der Waals surface area contributed by atoms with Gasteiger partial charge in [0.05, 0.1) is 6.54 Å². The van der Waals surface area contributed by atoms with Crippen LogP contribution in [0.3, 0.4) is 0 Å². The van der Waals surface area contributed by atoms with Crippen molar-refractivity contribution in [2.75, 3.05) is 37.6 Å². The first-order valence-corrected chi connectivity index (χ1v) is 9.85. The van der Waals surface area contributed by atoms with E-state index in [-0.39, 0.29) is 29.9 Å². The monoisotopic (exact) mass is 485 g/mol. The molecule has 3 N–H and O–H groups in total. The van der Waals surface area contributed by atoms with Gasteiger partial charge in [0.2, 0.25) is 5.91 Å². The molecule has 1 fully saturated rings. The Balaban J connectivity index is 0.00000261. The molecule has 27 heavy (non-hydrogen) atoms. The number of amides is 1. The summed E-state index contributed by atoms with van der Waals surface area (Å²) in [6.45, 7) is 6.68. The highest BCUT2D eigenvalue weighted by molar-refractivity contribution is 14.0. The van der Waals surface area contributed by atoms with Crippen molar-refractivity contribution in [3.05, 3.63) is 29.8 Å². The molecule has 0 aromatic heterocycles. The Morgan fingerprint density at radius 3 is 2.96 bits per heavy atom. The Morgan fingerprint density at radius 2 is 2.15 bits per heavy atom. The predicted octanol–water partition coefficient (Wildman–Crippen LogP) is 2.36. The van der Waals surface area contributed by atoms with Gasteiger partial charge in [-0.1, -0.05) is 25.1 Å². The Hall–Kier alpha value is -1.35. The second kappa shape index (κ2) is 10.8. The number of hydrogen-bond donors (Lipinski definition) is 2. The zero-order valence-electron chi connectivity index (χ0n) is 16.2. The Morgan fingerprint density at radius 1 is 1.33 bits per heavy atom. The summed E-state index contributed by atoms with van der Waals surface area (Å²) < 4.78 is 0. The highest BCUT2D eigenvalue weighted by Crippen LogP contribution is 2.27. The predicted molar refractivity (Wildman–Crippen MR) is 122 cm³/mol. The number of anilines is 1. The highest BCUT2D eigenvalue weighted by atomic mass is 127. The normalized spacial score (nSPS) is 19.7. The molecule has 0 bridgehead atoms. The molecule has 1 amide bonds. The van der Waals surface area contributed by atoms with Crippen LogP contribution >= 0.6 is 24.0 Å². The molecule has 0 radical (unpaired) electrons. The van der Waals surface area contributed by atoms with Gasteiger partial charge in [0.25, 0.3) is 0 Å². The van der Waals surface area contributed by atoms with E-state index in [1.165, 1.54) is 24.9 Å². The number of fused-ring (bicyclic) bond motifs is 1. The number of aliphatic imine (C=N–C) groups is 1. The average Bonchev–Trinajstić information content (AvgIpc) is 3.29. The third-order valence-electron chi connectivity index (χ3n) is 5.44. The molecule has 3 rings (SSSR count). The first-order chi connectivity index (χ1) is 12.7. The molecule has 1 atom stereocenters. The molecule has 2 aliphatic rings. The Labute approximate surface area is 179 Å². The fourth-order valence-electron chi connectivity index (χ4n) is 3.97. The van der Waals surface area contributed by atoms with E-state index in [0.29, 0.717) is 25.0 Å². The Bertz CT molecular complexity index is 651. The molecule has 1 aromatic carbocycles. The highest BCUT2D eigenvalue weighted by Gasteiger charge is 2.24. The van der Waals surface area contributed by atoms with Crippen LogP contribution in [-0.2, 0) is 11.2 Å². The molecule has 1 unspecified atom stereocenters. The Kier molecular flexibility index (Phi) is 8.82. The van der Waals surface area contributed by atoms with E-state index in [2.05, 4.69) is 28.2 Å². The smallest absolute Gasteiger partial charge is 0.227 e. The third kappa shape index (κ3) is 5.81. The molecule has 7 heteroatoms. The third-order valence-corrected chi connectivity index (χ3v) is 5.44. The van der Waals surface area contributed by atoms with Gasteiger partial charge in [0.1, 0.15) is 0 Å². The summed E-state index contributed by atoms with van der Waals surface area (Å²) in [5.74, 6) is 0.684. The van der Waals surface area contributed by atoms with Crippen LogP contribution in [0.15, 0.2) is 29.3 Å². The number of rotatable bonds is 7. The maximum Gasteiger partial charge on any atom is 0.227 e. The van der Waals surface area contributed by atoms with E-state index in [1.807, 2.05) is 23.1 Å². The number of hydrogen-bond acceptors (Lipinski definition) is 3. The van der Waals surface area contributed by atoms with E-state index >= 15 is 0 Å². The van der Waals surface area contributed by atoms with Crippen LogP contribution in [0.5, 0.6) is 0 Å². The van der Waals surface area contributed by atoms with Crippen LogP contribution in [0.2, 0.25) is 0 Å². The van der Waals surface area contributed by atoms with E-state index in [0.717, 1.165) is 38.2 Å². The van der Waals surface area contributed by atoms with Crippen molar-refractivity contribution in [2.24, 2.45) is 10.7 Å². The van der Waals surface area contributed by atoms with Crippen molar-refractivity contribution < 1.29 is 4.79 Å². The van der Waals surface area contributed by atoms with Gasteiger partial charge in [-0.25, -0.2) is 0 Å². The lowest BCUT2D eigenvalue weighted by molar-refractivity contribution is -0.118. The first kappa shape index (κ1) is 21.9. The van der Waals surface area contributed by atoms with E-state index in [1.54, 1.807) is 0 Å². The van der Waals surface area contributed by atoms with Crippen LogP contribution in [0, 0.1) is 0 Å². The zero-order chi connectivity index (χ0) is 18.4. The van der Waals surface area contributed by atoms with Gasteiger partial charge in [-0.15, -0.1) is 24.0 Å². The minimum Gasteiger partial charge on any atom is -0.370 e. The number of likely N-dealkylation sites (N-methyl/N-ethyl adjacent to an activating group) is 1. The van der Waals surface area contributed by atoms with E-state index in [9.17, 15) is 4.79 Å². The number of carbonyl (C=O) groups is 1. The lowest BCUT2D eigenvalue weighted by Gasteiger charge is -2.21. The number of guanidine groups is 1. The summed E-state index contributed by atoms with van der Waals surface area (Å²) in [6.07, 6.45) is 4.70. The first-order valence-electron chi connectivity index (χ1n) is 9.85. The lowest BCUT2D eigenvalue weighted by atomic mass is 10.2. The van der Waals surface area contributed by atoms with Gasteiger partial charge in [-0.2, -0.15) is 0 Å². The average molecular weight is 485 g/mol. The van der Waals surface area contributed by atoms with E-state index in [4.69, 9.17) is 5.73 Å². The van der Waals surface area contributed by atoms with Crippen LogP contribution in [-0.4, -0.2) is 55.5 Å². The molecule has 2 heterocycles. The minimum atomic E-state index is 0. The number of carbonyl (C=O) groups excluding carboxylic acids is 1. The summed E-state index contributed by atoms with van der Waals surface area (Å²) in [5, 5.41) is 3.14. The van der Waals surface area contributed by atoms with Gasteiger partial charge in [-0.3, -0.25) is 14.7 Å². The minimum absolute atomic E-state index is 0. The number of benzene rings is 1. The molecule has 1 saturated heterocycles. The zero-order valence-corrected chi connectivity index (χ0v) is 18.5. The summed E-state index contributed by atoms with van der Waals surface area (Å²) in [6, 6.07) is 8.69. The van der Waals surface area contributed by atoms with Crippen molar-refractivity contribution >= 4 is 41.5 Å². The van der Waals surface area contributed by atoms with Crippen molar-refractivity contribution in [2.45, 2.75) is 45.1 Å². The maximum absolute atomic E-state index is 12.5. The van der Waals surface area contributed by atoms with Crippen molar-refractivity contribution in [1.29, 1.82) is 0 Å². The molecule has 0 spiro atoms. The lowest BCUT2D eigenvalue weighted by Crippen LogP contribution is -2.36. The van der Waals surface area contributed by atoms with Gasteiger partial charge in [0, 0.05) is 31.2 Å². The van der Waals surface area contributed by atoms with Gasteiger partial charge < -0.3 is 16.0 Å². The largest absolute Gasteiger partial charge is 0.370 e. The molecule has 2 aliphatic heterocycles. The number of para-hydroxylation sites is 1. The van der Waals surface area contributed by atoms with Crippen LogP contribution in [0.25, 0.3) is 0 Å². The number of nitrogens with two attached hydrogens (primary N) is 1. The molecule has 6 nitrogen and oxygen atoms in total. The van der Waals surface area contributed by atoms with Crippen molar-refractivity contribution in [3.8, 4) is 0 Å². The summed E-state index contributed by atoms with van der Waals surface area (Å²) >= 11 is 0. The summed E-state index contributed by atoms with van der Waals surface area (Å²) in [7, 11) is 0. The molecule has 150 valence electrons. The number of likely N-dealkylation sites (tertiary alicyclic amines) is 1. The van der Waals surface area contributed by atoms with Crippen molar-refractivity contribution in [3.63, 3.8) is 0 Å². The number of nitrogens with zero attached hydrogens (tertiary/aromatic N) is 3. The fourth-order valence-corrected chi connectivity index (χ4v) is 3.97. The number of halogens is 1. The topological polar surface area (TPSA) is 74.0 Å². The van der Waals surface area contributed by atoms with Crippen LogP contribution in [0.1, 0.15) is 38.2 Å². The SMILES string of the molecule is CCN1CCCC1CN=C(N)NCCCC(=O)N1CCc2ccccc21.I. The van der Waals surface area contributed by atoms with Gasteiger partial charge >= 0.3 is 0 Å². The molecule has 0 aliphatic carbocycles. The number of nitrogens with one attached hydrogen (secondary N) is 1. The van der Waals surface area contributed by atoms with E-state index < -0.39 is 0 Å². The summed E-state index contributed by atoms with van der Waals surface area (Å²) in [5.41, 5.74) is 8.31. The molecule has 1 aromatic rings. The molecular weight excluding hydrogens is 453 g/mol. The van der Waals surface area contributed by atoms with Crippen LogP contribution in [0.4, 0.5) is 5.69 Å².